The Morgan fingerprint density at radius 1 is 1.43 bits per heavy atom. The first kappa shape index (κ1) is 11.1. The number of nitrogens with two attached hydrogens (primary N) is 1. The molecule has 2 N–H and O–H groups in total. The van der Waals surface area contributed by atoms with Crippen molar-refractivity contribution in [2.24, 2.45) is 11.7 Å². The standard InChI is InChI=1S/C11H19N3/c1-8(2)6-10(12)7-11-13-5-4-9(3)14-11/h4-5,8,10H,6-7,12H2,1-3H3. The van der Waals surface area contributed by atoms with Gasteiger partial charge < -0.3 is 5.73 Å². The molecule has 1 atom stereocenters. The Morgan fingerprint density at radius 3 is 2.71 bits per heavy atom. The first-order chi connectivity index (χ1) is 6.58. The van der Waals surface area contributed by atoms with Gasteiger partial charge in [0.1, 0.15) is 5.82 Å². The molecule has 0 fully saturated rings. The maximum Gasteiger partial charge on any atom is 0.130 e. The number of nitrogens with zero attached hydrogens (tertiary/aromatic N) is 2. The lowest BCUT2D eigenvalue weighted by atomic mass is 10.0. The molecule has 1 aromatic heterocycles. The van der Waals surface area contributed by atoms with Crippen LogP contribution in [0.25, 0.3) is 0 Å². The minimum atomic E-state index is 0.178. The zero-order valence-electron chi connectivity index (χ0n) is 9.20. The van der Waals surface area contributed by atoms with Gasteiger partial charge in [-0.1, -0.05) is 13.8 Å². The molecule has 0 radical (unpaired) electrons. The Labute approximate surface area is 85.8 Å². The average molecular weight is 193 g/mol. The number of aryl methyl sites for hydroxylation is 1. The van der Waals surface area contributed by atoms with Crippen LogP contribution in [-0.4, -0.2) is 16.0 Å². The van der Waals surface area contributed by atoms with E-state index in [0.29, 0.717) is 5.92 Å². The topological polar surface area (TPSA) is 51.8 Å². The minimum Gasteiger partial charge on any atom is -0.327 e. The van der Waals surface area contributed by atoms with Gasteiger partial charge in [-0.3, -0.25) is 0 Å². The number of rotatable bonds is 4. The molecule has 0 spiro atoms. The predicted molar refractivity (Wildman–Crippen MR) is 57.9 cm³/mol. The molecule has 0 aliphatic carbocycles. The third kappa shape index (κ3) is 3.83. The van der Waals surface area contributed by atoms with Gasteiger partial charge in [-0.25, -0.2) is 9.97 Å². The SMILES string of the molecule is Cc1ccnc(CC(N)CC(C)C)n1. The van der Waals surface area contributed by atoms with Gasteiger partial charge in [-0.2, -0.15) is 0 Å². The van der Waals surface area contributed by atoms with E-state index in [1.165, 1.54) is 0 Å². The summed E-state index contributed by atoms with van der Waals surface area (Å²) in [6, 6.07) is 2.08. The van der Waals surface area contributed by atoms with Crippen LogP contribution in [0.5, 0.6) is 0 Å². The van der Waals surface area contributed by atoms with Gasteiger partial charge in [-0.05, 0) is 25.3 Å². The summed E-state index contributed by atoms with van der Waals surface area (Å²) in [6.45, 7) is 6.33. The number of hydrogen-bond acceptors (Lipinski definition) is 3. The number of aromatic nitrogens is 2. The van der Waals surface area contributed by atoms with E-state index in [1.807, 2.05) is 13.0 Å². The lowest BCUT2D eigenvalue weighted by Crippen LogP contribution is -2.25. The Balaban J connectivity index is 2.51. The van der Waals surface area contributed by atoms with E-state index in [2.05, 4.69) is 23.8 Å². The van der Waals surface area contributed by atoms with Gasteiger partial charge >= 0.3 is 0 Å². The van der Waals surface area contributed by atoms with Crippen molar-refractivity contribution in [2.45, 2.75) is 39.7 Å². The van der Waals surface area contributed by atoms with Crippen molar-refractivity contribution in [1.29, 1.82) is 0 Å². The smallest absolute Gasteiger partial charge is 0.130 e. The van der Waals surface area contributed by atoms with Crippen LogP contribution < -0.4 is 5.73 Å². The van der Waals surface area contributed by atoms with Gasteiger partial charge in [0.15, 0.2) is 0 Å². The van der Waals surface area contributed by atoms with Crippen molar-refractivity contribution in [3.05, 3.63) is 23.8 Å². The van der Waals surface area contributed by atoms with Crippen molar-refractivity contribution in [3.8, 4) is 0 Å². The fourth-order valence-corrected chi connectivity index (χ4v) is 1.52. The maximum absolute atomic E-state index is 5.98. The van der Waals surface area contributed by atoms with Gasteiger partial charge in [0.05, 0.1) is 0 Å². The Bertz CT molecular complexity index is 284. The summed E-state index contributed by atoms with van der Waals surface area (Å²) in [4.78, 5) is 8.53. The fourth-order valence-electron chi connectivity index (χ4n) is 1.52. The Kier molecular flexibility index (Phi) is 4.01. The van der Waals surface area contributed by atoms with Gasteiger partial charge in [0, 0.05) is 24.4 Å². The van der Waals surface area contributed by atoms with Gasteiger partial charge in [-0.15, -0.1) is 0 Å². The minimum absolute atomic E-state index is 0.178. The van der Waals surface area contributed by atoms with Gasteiger partial charge in [0.2, 0.25) is 0 Å². The van der Waals surface area contributed by atoms with Crippen molar-refractivity contribution < 1.29 is 0 Å². The Hall–Kier alpha value is -0.960. The zero-order valence-corrected chi connectivity index (χ0v) is 9.20. The molecule has 0 saturated heterocycles. The van der Waals surface area contributed by atoms with Crippen LogP contribution in [0, 0.1) is 12.8 Å². The molecule has 0 aliphatic heterocycles. The molecule has 1 rings (SSSR count). The molecule has 0 bridgehead atoms. The summed E-state index contributed by atoms with van der Waals surface area (Å²) in [5.41, 5.74) is 6.98. The highest BCUT2D eigenvalue weighted by molar-refractivity contribution is 5.00. The monoisotopic (exact) mass is 193 g/mol. The summed E-state index contributed by atoms with van der Waals surface area (Å²) in [5.74, 6) is 1.49. The van der Waals surface area contributed by atoms with Crippen molar-refractivity contribution in [2.75, 3.05) is 0 Å². The zero-order chi connectivity index (χ0) is 10.6. The average Bonchev–Trinajstić information content (AvgIpc) is 2.01. The van der Waals surface area contributed by atoms with Crippen LogP contribution in [0.1, 0.15) is 31.8 Å². The first-order valence-corrected chi connectivity index (χ1v) is 5.12. The summed E-state index contributed by atoms with van der Waals surface area (Å²) in [5, 5.41) is 0. The highest BCUT2D eigenvalue weighted by Crippen LogP contribution is 2.06. The van der Waals surface area contributed by atoms with E-state index in [9.17, 15) is 0 Å². The van der Waals surface area contributed by atoms with E-state index in [-0.39, 0.29) is 6.04 Å². The van der Waals surface area contributed by atoms with Crippen molar-refractivity contribution in [1.82, 2.24) is 9.97 Å². The second kappa shape index (κ2) is 5.05. The highest BCUT2D eigenvalue weighted by atomic mass is 14.9. The maximum atomic E-state index is 5.98. The molecule has 0 aromatic carbocycles. The second-order valence-electron chi connectivity index (χ2n) is 4.21. The van der Waals surface area contributed by atoms with Crippen LogP contribution in [0.15, 0.2) is 12.3 Å². The largest absolute Gasteiger partial charge is 0.327 e. The first-order valence-electron chi connectivity index (χ1n) is 5.12. The quantitative estimate of drug-likeness (QED) is 0.791. The third-order valence-electron chi connectivity index (χ3n) is 2.06. The van der Waals surface area contributed by atoms with Crippen LogP contribution in [0.3, 0.4) is 0 Å². The van der Waals surface area contributed by atoms with Crippen LogP contribution in [0.4, 0.5) is 0 Å². The molecule has 1 unspecified atom stereocenters. The summed E-state index contributed by atoms with van der Waals surface area (Å²) in [6.07, 6.45) is 3.59. The van der Waals surface area contributed by atoms with E-state index >= 15 is 0 Å². The van der Waals surface area contributed by atoms with E-state index in [1.54, 1.807) is 6.20 Å². The molecule has 3 heteroatoms. The van der Waals surface area contributed by atoms with E-state index in [4.69, 9.17) is 5.73 Å². The van der Waals surface area contributed by atoms with Crippen molar-refractivity contribution in [3.63, 3.8) is 0 Å². The molecular weight excluding hydrogens is 174 g/mol. The fraction of sp³-hybridized carbons (Fsp3) is 0.636. The van der Waals surface area contributed by atoms with Crippen molar-refractivity contribution >= 4 is 0 Å². The normalized spacial score (nSPS) is 13.2. The van der Waals surface area contributed by atoms with Crippen LogP contribution in [-0.2, 0) is 6.42 Å². The Morgan fingerprint density at radius 2 is 2.14 bits per heavy atom. The lowest BCUT2D eigenvalue weighted by Gasteiger charge is -2.12. The highest BCUT2D eigenvalue weighted by Gasteiger charge is 2.08. The molecular formula is C11H19N3. The van der Waals surface area contributed by atoms with E-state index in [0.717, 1.165) is 24.4 Å². The molecule has 78 valence electrons. The molecule has 0 amide bonds. The molecule has 3 nitrogen and oxygen atoms in total. The summed E-state index contributed by atoms with van der Waals surface area (Å²) in [7, 11) is 0. The molecule has 0 saturated carbocycles. The number of hydrogen-bond donors (Lipinski definition) is 1. The van der Waals surface area contributed by atoms with E-state index < -0.39 is 0 Å². The lowest BCUT2D eigenvalue weighted by molar-refractivity contribution is 0.486. The van der Waals surface area contributed by atoms with Gasteiger partial charge in [0.25, 0.3) is 0 Å². The molecule has 0 aliphatic rings. The summed E-state index contributed by atoms with van der Waals surface area (Å²) >= 11 is 0. The second-order valence-corrected chi connectivity index (χ2v) is 4.21. The third-order valence-corrected chi connectivity index (χ3v) is 2.06. The van der Waals surface area contributed by atoms with Crippen LogP contribution >= 0.6 is 0 Å². The molecule has 1 aromatic rings. The molecule has 14 heavy (non-hydrogen) atoms. The predicted octanol–water partition coefficient (Wildman–Crippen LogP) is 1.70. The summed E-state index contributed by atoms with van der Waals surface area (Å²) < 4.78 is 0. The molecule has 1 heterocycles. The van der Waals surface area contributed by atoms with Crippen LogP contribution in [0.2, 0.25) is 0 Å².